The van der Waals surface area contributed by atoms with E-state index in [2.05, 4.69) is 42.1 Å². The molecule has 418 valence electrons. The normalized spacial score (nSPS) is 22.9. The van der Waals surface area contributed by atoms with Gasteiger partial charge >= 0.3 is 0 Å². The predicted octanol–water partition coefficient (Wildman–Crippen LogP) is 3.97. The lowest BCUT2D eigenvalue weighted by molar-refractivity contribution is -0.145. The summed E-state index contributed by atoms with van der Waals surface area (Å²) in [6.45, 7) is 13.1. The summed E-state index contributed by atoms with van der Waals surface area (Å²) < 4.78 is 7.54. The van der Waals surface area contributed by atoms with Gasteiger partial charge in [-0.2, -0.15) is 0 Å². The molecule has 3 aliphatic rings. The lowest BCUT2D eigenvalue weighted by atomic mass is 9.85. The predicted molar refractivity (Wildman–Crippen MR) is 298 cm³/mol. The number of aliphatic hydroxyl groups is 1. The largest absolute Gasteiger partial charge is 0.391 e. The molecule has 0 radical (unpaired) electrons. The molecule has 5 heterocycles. The van der Waals surface area contributed by atoms with Crippen LogP contribution >= 0.6 is 22.9 Å². The summed E-state index contributed by atoms with van der Waals surface area (Å²) in [6.07, 6.45) is -1.50. The molecule has 2 saturated heterocycles. The van der Waals surface area contributed by atoms with Crippen LogP contribution in [0.15, 0.2) is 83.9 Å². The highest BCUT2D eigenvalue weighted by Crippen LogP contribution is 2.40. The molecule has 0 spiro atoms. The minimum absolute atomic E-state index is 0.0460. The van der Waals surface area contributed by atoms with Crippen molar-refractivity contribution in [3.63, 3.8) is 0 Å². The van der Waals surface area contributed by atoms with Crippen molar-refractivity contribution in [3.8, 4) is 16.1 Å². The molecule has 7 N–H and O–H groups in total. The van der Waals surface area contributed by atoms with Crippen LogP contribution in [-0.4, -0.2) is 141 Å². The van der Waals surface area contributed by atoms with Gasteiger partial charge in [0.05, 0.1) is 24.8 Å². The standard InChI is InChI=1S/C57H68ClN11O9S/c1-30(2)47-54(76)63-42(27-60-44(71)26-40-50-67-66-33(5)69(50)56-46(31(3)32(4)79-56)48(61-40)37-18-20-38(58)21-19-37)51(73)59-22-23-78-29-45(72)64-49(57(6,7)8)55(77)68-28-39(70)25-43(68)53(75)62-41(52(74)65-47)24-34-14-16-36(17-15-34)35-12-10-9-11-13-35/h9-21,30,39-43,47,49,70H,22-29H2,1-8H3,(H,59,73)(H,60,71)(H,62,75)(H,63,76)(H,64,72)(H,65,74)/t39-,40+,41-,42-,43+,47-,49-/m1/s1. The van der Waals surface area contributed by atoms with Gasteiger partial charge in [0.1, 0.15) is 53.7 Å². The van der Waals surface area contributed by atoms with Crippen LogP contribution < -0.4 is 31.9 Å². The molecule has 5 aromatic rings. The maximum Gasteiger partial charge on any atom is 0.246 e. The van der Waals surface area contributed by atoms with Gasteiger partial charge in [0.25, 0.3) is 0 Å². The first-order chi connectivity index (χ1) is 37.6. The van der Waals surface area contributed by atoms with Crippen molar-refractivity contribution in [3.05, 3.63) is 123 Å². The number of rotatable bonds is 9. The van der Waals surface area contributed by atoms with Gasteiger partial charge < -0.3 is 46.6 Å². The monoisotopic (exact) mass is 1120 g/mol. The fourth-order valence-corrected chi connectivity index (χ4v) is 11.2. The highest BCUT2D eigenvalue weighted by molar-refractivity contribution is 7.15. The Labute approximate surface area is 467 Å². The molecule has 8 rings (SSSR count). The van der Waals surface area contributed by atoms with E-state index in [1.54, 1.807) is 58.1 Å². The Morgan fingerprint density at radius 1 is 0.835 bits per heavy atom. The second-order valence-corrected chi connectivity index (χ2v) is 23.3. The number of fused-ring (bicyclic) bond motifs is 4. The third kappa shape index (κ3) is 13.6. The van der Waals surface area contributed by atoms with E-state index < -0.39 is 108 Å². The summed E-state index contributed by atoms with van der Waals surface area (Å²) in [6, 6.07) is 17.2. The van der Waals surface area contributed by atoms with Gasteiger partial charge in [0.15, 0.2) is 5.82 Å². The first kappa shape index (κ1) is 57.8. The number of hydrogen-bond acceptors (Lipinski definition) is 13. The number of aliphatic imine (C=N–C) groups is 1. The smallest absolute Gasteiger partial charge is 0.246 e. The fourth-order valence-electron chi connectivity index (χ4n) is 9.89. The molecule has 20 nitrogen and oxygen atoms in total. The van der Waals surface area contributed by atoms with Crippen LogP contribution in [0, 0.1) is 32.1 Å². The first-order valence-electron chi connectivity index (χ1n) is 26.4. The van der Waals surface area contributed by atoms with Crippen molar-refractivity contribution >= 4 is 70.0 Å². The van der Waals surface area contributed by atoms with Crippen LogP contribution in [0.4, 0.5) is 0 Å². The average Bonchev–Trinajstić information content (AvgIpc) is 4.25. The number of nitrogens with zero attached hydrogens (tertiary/aromatic N) is 5. The van der Waals surface area contributed by atoms with Crippen LogP contribution in [0.2, 0.25) is 5.02 Å². The number of ether oxygens (including phenoxy) is 1. The summed E-state index contributed by atoms with van der Waals surface area (Å²) in [5, 5.41) is 37.9. The van der Waals surface area contributed by atoms with Crippen LogP contribution in [-0.2, 0) is 44.7 Å². The van der Waals surface area contributed by atoms with Gasteiger partial charge in [-0.05, 0) is 66.5 Å². The number of carbonyl (C=O) groups excluding carboxylic acids is 7. The van der Waals surface area contributed by atoms with Gasteiger partial charge in [0.2, 0.25) is 41.4 Å². The summed E-state index contributed by atoms with van der Waals surface area (Å²) in [7, 11) is 0. The van der Waals surface area contributed by atoms with E-state index >= 15 is 0 Å². The Balaban J connectivity index is 1.07. The SMILES string of the molecule is Cc1sc2c(c1C)C(c1ccc(Cl)cc1)=N[C@@H](CC(=O)NC[C@H]1NC(=O)[C@@H](C(C)C)NC(=O)[C@@H](Cc3ccc(-c4ccccc4)cc3)NC(=O)[C@@H]3C[C@@H](O)CN3C(=O)[C@H](C(C)(C)C)NC(=O)COCCNC1=O)c1nnc(C)n1-2. The number of nitrogens with one attached hydrogen (secondary N) is 6. The van der Waals surface area contributed by atoms with Crippen molar-refractivity contribution in [2.75, 3.05) is 32.8 Å². The molecule has 7 amide bonds. The number of carbonyl (C=O) groups is 7. The third-order valence-corrected chi connectivity index (χ3v) is 15.8. The zero-order valence-corrected chi connectivity index (χ0v) is 47.1. The lowest BCUT2D eigenvalue weighted by Crippen LogP contribution is -2.61. The molecule has 3 aromatic carbocycles. The number of aliphatic hydroxyl groups excluding tert-OH is 1. The molecular formula is C57H68ClN11O9S. The Morgan fingerprint density at radius 3 is 2.19 bits per heavy atom. The van der Waals surface area contributed by atoms with E-state index in [1.807, 2.05) is 92.1 Å². The third-order valence-electron chi connectivity index (χ3n) is 14.3. The van der Waals surface area contributed by atoms with Crippen molar-refractivity contribution in [1.82, 2.24) is 51.6 Å². The first-order valence-corrected chi connectivity index (χ1v) is 27.6. The Hall–Kier alpha value is -7.33. The van der Waals surface area contributed by atoms with E-state index in [0.717, 1.165) is 37.7 Å². The van der Waals surface area contributed by atoms with E-state index in [0.29, 0.717) is 27.9 Å². The zero-order chi connectivity index (χ0) is 56.9. The Bertz CT molecular complexity index is 3120. The molecule has 0 saturated carbocycles. The summed E-state index contributed by atoms with van der Waals surface area (Å²) in [4.78, 5) is 107. The van der Waals surface area contributed by atoms with Crippen molar-refractivity contribution in [2.45, 2.75) is 117 Å². The summed E-state index contributed by atoms with van der Waals surface area (Å²) in [5.41, 5.74) is 4.98. The molecule has 2 aromatic heterocycles. The summed E-state index contributed by atoms with van der Waals surface area (Å²) in [5.74, 6) is -4.29. The van der Waals surface area contributed by atoms with Gasteiger partial charge in [-0.25, -0.2) is 0 Å². The molecular weight excluding hydrogens is 1050 g/mol. The topological polar surface area (TPSA) is 267 Å². The number of thiophene rings is 1. The minimum Gasteiger partial charge on any atom is -0.391 e. The average molecular weight is 1120 g/mol. The van der Waals surface area contributed by atoms with Gasteiger partial charge in [-0.15, -0.1) is 21.5 Å². The highest BCUT2D eigenvalue weighted by Gasteiger charge is 2.46. The maximum absolute atomic E-state index is 14.7. The van der Waals surface area contributed by atoms with Crippen molar-refractivity contribution < 1.29 is 43.4 Å². The van der Waals surface area contributed by atoms with Crippen LogP contribution in [0.1, 0.15) is 92.3 Å². The van der Waals surface area contributed by atoms with Crippen LogP contribution in [0.3, 0.4) is 0 Å². The van der Waals surface area contributed by atoms with E-state index in [-0.39, 0.29) is 39.0 Å². The Kier molecular flexibility index (Phi) is 18.1. The summed E-state index contributed by atoms with van der Waals surface area (Å²) >= 11 is 7.87. The van der Waals surface area contributed by atoms with Gasteiger partial charge in [0, 0.05) is 53.5 Å². The lowest BCUT2D eigenvalue weighted by Gasteiger charge is -2.35. The number of aromatic nitrogens is 3. The number of aryl methyl sites for hydroxylation is 2. The number of benzene rings is 3. The van der Waals surface area contributed by atoms with Crippen LogP contribution in [0.25, 0.3) is 16.1 Å². The molecule has 3 aliphatic heterocycles. The minimum atomic E-state index is -1.41. The fraction of sp³-hybridized carbons (Fsp3) is 0.439. The molecule has 2 fully saturated rings. The van der Waals surface area contributed by atoms with Crippen LogP contribution in [0.5, 0.6) is 0 Å². The highest BCUT2D eigenvalue weighted by atomic mass is 35.5. The van der Waals surface area contributed by atoms with Gasteiger partial charge in [-0.1, -0.05) is 113 Å². The molecule has 0 unspecified atom stereocenters. The quantitative estimate of drug-likeness (QED) is 0.111. The zero-order valence-electron chi connectivity index (χ0n) is 45.5. The van der Waals surface area contributed by atoms with E-state index in [4.69, 9.17) is 21.3 Å². The second-order valence-electron chi connectivity index (χ2n) is 21.6. The molecule has 0 bridgehead atoms. The molecule has 79 heavy (non-hydrogen) atoms. The molecule has 7 atom stereocenters. The maximum atomic E-state index is 14.7. The molecule has 0 aliphatic carbocycles. The van der Waals surface area contributed by atoms with Crippen molar-refractivity contribution in [1.29, 1.82) is 0 Å². The number of amides is 7. The van der Waals surface area contributed by atoms with E-state index in [1.165, 1.54) is 4.90 Å². The molecule has 22 heteroatoms. The number of hydrogen-bond donors (Lipinski definition) is 7. The van der Waals surface area contributed by atoms with Crippen molar-refractivity contribution in [2.24, 2.45) is 16.3 Å². The number of halogens is 1. The Morgan fingerprint density at radius 2 is 1.51 bits per heavy atom. The van der Waals surface area contributed by atoms with Gasteiger partial charge in [-0.3, -0.25) is 43.1 Å². The second kappa shape index (κ2) is 24.8. The van der Waals surface area contributed by atoms with E-state index in [9.17, 15) is 38.7 Å².